The third-order valence-electron chi connectivity index (χ3n) is 3.74. The first-order chi connectivity index (χ1) is 10.5. The van der Waals surface area contributed by atoms with Crippen LogP contribution in [0.5, 0.6) is 0 Å². The molecule has 1 unspecified atom stereocenters. The number of aromatic nitrogens is 2. The highest BCUT2D eigenvalue weighted by molar-refractivity contribution is 5.93. The van der Waals surface area contributed by atoms with Crippen LogP contribution in [0.15, 0.2) is 36.5 Å². The topological polar surface area (TPSA) is 38.1 Å². The number of aryl methyl sites for hydroxylation is 1. The van der Waals surface area contributed by atoms with Crippen LogP contribution in [-0.2, 0) is 0 Å². The first-order valence-corrected chi connectivity index (χ1v) is 7.11. The maximum Gasteiger partial charge on any atom is 0.319 e. The molecular weight excluding hydrogens is 288 g/mol. The minimum Gasteiger partial charge on any atom is -0.332 e. The molecule has 2 aromatic rings. The average molecular weight is 307 g/mol. The van der Waals surface area contributed by atoms with E-state index in [1.165, 1.54) is 17.0 Å². The fourth-order valence-electron chi connectivity index (χ4n) is 2.56. The van der Waals surface area contributed by atoms with E-state index in [2.05, 4.69) is 4.98 Å². The van der Waals surface area contributed by atoms with Crippen LogP contribution in [0.1, 0.15) is 47.8 Å². The lowest BCUT2D eigenvalue weighted by Gasteiger charge is -2.27. The summed E-state index contributed by atoms with van der Waals surface area (Å²) in [4.78, 5) is 18.3. The Labute approximate surface area is 128 Å². The summed E-state index contributed by atoms with van der Waals surface area (Å²) in [7, 11) is 1.61. The quantitative estimate of drug-likeness (QED) is 0.842. The van der Waals surface area contributed by atoms with Crippen molar-refractivity contribution in [1.29, 1.82) is 0 Å². The summed E-state index contributed by atoms with van der Waals surface area (Å²) in [5.41, 5.74) is 1.09. The number of carbonyl (C=O) groups excluding carboxylic acids is 1. The van der Waals surface area contributed by atoms with E-state index in [0.717, 1.165) is 10.3 Å². The lowest BCUT2D eigenvalue weighted by atomic mass is 10.1. The third-order valence-corrected chi connectivity index (χ3v) is 3.74. The lowest BCUT2D eigenvalue weighted by Crippen LogP contribution is -2.33. The Hall–Kier alpha value is -2.24. The Kier molecular flexibility index (Phi) is 4.90. The average Bonchev–Trinajstić information content (AvgIpc) is 2.90. The lowest BCUT2D eigenvalue weighted by molar-refractivity contribution is 0.0536. The molecule has 2 heterocycles. The van der Waals surface area contributed by atoms with Crippen molar-refractivity contribution in [1.82, 2.24) is 14.5 Å². The van der Waals surface area contributed by atoms with Crippen molar-refractivity contribution in [2.75, 3.05) is 7.05 Å². The van der Waals surface area contributed by atoms with Gasteiger partial charge in [-0.25, -0.2) is 0 Å². The highest BCUT2D eigenvalue weighted by Gasteiger charge is 2.26. The first kappa shape index (κ1) is 16.1. The molecule has 0 aromatic carbocycles. The Morgan fingerprint density at radius 3 is 2.59 bits per heavy atom. The summed E-state index contributed by atoms with van der Waals surface area (Å²) < 4.78 is 27.0. The van der Waals surface area contributed by atoms with Crippen LogP contribution in [0.2, 0.25) is 0 Å². The van der Waals surface area contributed by atoms with Gasteiger partial charge in [-0.2, -0.15) is 8.78 Å². The van der Waals surface area contributed by atoms with Crippen molar-refractivity contribution in [3.63, 3.8) is 0 Å². The molecule has 6 heteroatoms. The number of halogens is 2. The predicted molar refractivity (Wildman–Crippen MR) is 79.8 cm³/mol. The van der Waals surface area contributed by atoms with Gasteiger partial charge in [0.15, 0.2) is 0 Å². The second-order valence-electron chi connectivity index (χ2n) is 5.10. The normalized spacial score (nSPS) is 12.5. The van der Waals surface area contributed by atoms with E-state index >= 15 is 0 Å². The van der Waals surface area contributed by atoms with Crippen LogP contribution in [0.3, 0.4) is 0 Å². The fourth-order valence-corrected chi connectivity index (χ4v) is 2.56. The van der Waals surface area contributed by atoms with Crippen LogP contribution >= 0.6 is 0 Å². The second kappa shape index (κ2) is 6.68. The number of hydrogen-bond acceptors (Lipinski definition) is 2. The molecule has 0 bridgehead atoms. The molecule has 4 nitrogen and oxygen atoms in total. The second-order valence-corrected chi connectivity index (χ2v) is 5.10. The molecule has 1 atom stereocenters. The minimum atomic E-state index is -2.74. The highest BCUT2D eigenvalue weighted by Crippen LogP contribution is 2.25. The summed E-state index contributed by atoms with van der Waals surface area (Å²) in [6.45, 7) is 0.747. The van der Waals surface area contributed by atoms with Gasteiger partial charge in [0, 0.05) is 18.9 Å². The van der Waals surface area contributed by atoms with Crippen LogP contribution < -0.4 is 0 Å². The van der Waals surface area contributed by atoms with Gasteiger partial charge >= 0.3 is 6.55 Å². The van der Waals surface area contributed by atoms with Gasteiger partial charge < -0.3 is 4.90 Å². The smallest absolute Gasteiger partial charge is 0.319 e. The zero-order valence-electron chi connectivity index (χ0n) is 12.8. The van der Waals surface area contributed by atoms with Gasteiger partial charge in [-0.15, -0.1) is 0 Å². The first-order valence-electron chi connectivity index (χ1n) is 7.11. The number of pyridine rings is 1. The Morgan fingerprint density at radius 2 is 2.05 bits per heavy atom. The monoisotopic (exact) mass is 307 g/mol. The van der Waals surface area contributed by atoms with E-state index in [1.54, 1.807) is 26.2 Å². The number of amides is 1. The Bertz CT molecular complexity index is 640. The van der Waals surface area contributed by atoms with E-state index in [0.29, 0.717) is 12.1 Å². The molecular formula is C16H19F2N3O. The van der Waals surface area contributed by atoms with Crippen molar-refractivity contribution >= 4 is 5.91 Å². The molecule has 22 heavy (non-hydrogen) atoms. The molecule has 0 aliphatic heterocycles. The van der Waals surface area contributed by atoms with Gasteiger partial charge in [0.25, 0.3) is 5.91 Å². The maximum absolute atomic E-state index is 13.1. The van der Waals surface area contributed by atoms with Gasteiger partial charge in [0.1, 0.15) is 5.69 Å². The van der Waals surface area contributed by atoms with E-state index in [-0.39, 0.29) is 11.7 Å². The van der Waals surface area contributed by atoms with Crippen molar-refractivity contribution < 1.29 is 13.6 Å². The largest absolute Gasteiger partial charge is 0.332 e. The molecule has 0 aliphatic rings. The summed E-state index contributed by atoms with van der Waals surface area (Å²) in [5.74, 6) is -0.439. The molecule has 0 spiro atoms. The molecule has 0 fully saturated rings. The summed E-state index contributed by atoms with van der Waals surface area (Å²) in [5, 5.41) is 0. The van der Waals surface area contributed by atoms with Gasteiger partial charge in [-0.05, 0) is 37.6 Å². The molecule has 0 N–H and O–H groups in total. The molecule has 0 radical (unpaired) electrons. The van der Waals surface area contributed by atoms with E-state index in [9.17, 15) is 13.6 Å². The predicted octanol–water partition coefficient (Wildman–Crippen LogP) is 3.81. The molecule has 118 valence electrons. The van der Waals surface area contributed by atoms with E-state index in [1.807, 2.05) is 19.1 Å². The van der Waals surface area contributed by atoms with Gasteiger partial charge in [0.2, 0.25) is 0 Å². The van der Waals surface area contributed by atoms with E-state index in [4.69, 9.17) is 0 Å². The van der Waals surface area contributed by atoms with Gasteiger partial charge in [-0.1, -0.05) is 13.0 Å². The van der Waals surface area contributed by atoms with Gasteiger partial charge in [-0.3, -0.25) is 14.3 Å². The van der Waals surface area contributed by atoms with Crippen molar-refractivity contribution in [2.24, 2.45) is 0 Å². The van der Waals surface area contributed by atoms with Crippen LogP contribution in [0, 0.1) is 6.92 Å². The molecule has 1 amide bonds. The SMILES string of the molecule is CCC(c1ccccn1)N(C)C(=O)c1ccc(C)n1C(F)F. The van der Waals surface area contributed by atoms with Gasteiger partial charge in [0.05, 0.1) is 11.7 Å². The third kappa shape index (κ3) is 3.00. The zero-order chi connectivity index (χ0) is 16.3. The number of carbonyl (C=O) groups is 1. The molecule has 2 aromatic heterocycles. The van der Waals surface area contributed by atoms with Crippen LogP contribution in [0.25, 0.3) is 0 Å². The number of rotatable bonds is 5. The molecule has 0 saturated carbocycles. The standard InChI is InChI=1S/C16H19F2N3O/c1-4-13(12-7-5-6-10-19-12)20(3)15(22)14-9-8-11(2)21(14)16(17)18/h5-10,13,16H,4H2,1-3H3. The van der Waals surface area contributed by atoms with E-state index < -0.39 is 12.5 Å². The Morgan fingerprint density at radius 1 is 1.32 bits per heavy atom. The molecule has 0 aliphatic carbocycles. The summed E-state index contributed by atoms with van der Waals surface area (Å²) in [6.07, 6.45) is 2.30. The Balaban J connectivity index is 2.32. The highest BCUT2D eigenvalue weighted by atomic mass is 19.3. The van der Waals surface area contributed by atoms with Crippen molar-refractivity contribution in [3.05, 3.63) is 53.6 Å². The van der Waals surface area contributed by atoms with Crippen LogP contribution in [0.4, 0.5) is 8.78 Å². The fraction of sp³-hybridized carbons (Fsp3) is 0.375. The minimum absolute atomic E-state index is 0.00983. The zero-order valence-corrected chi connectivity index (χ0v) is 12.8. The number of hydrogen-bond donors (Lipinski definition) is 0. The number of alkyl halides is 2. The molecule has 0 saturated heterocycles. The van der Waals surface area contributed by atoms with Crippen molar-refractivity contribution in [2.45, 2.75) is 32.9 Å². The van der Waals surface area contributed by atoms with Crippen LogP contribution in [-0.4, -0.2) is 27.4 Å². The summed E-state index contributed by atoms with van der Waals surface area (Å²) in [6, 6.07) is 8.17. The van der Waals surface area contributed by atoms with Crippen molar-refractivity contribution in [3.8, 4) is 0 Å². The summed E-state index contributed by atoms with van der Waals surface area (Å²) >= 11 is 0. The number of nitrogens with zero attached hydrogens (tertiary/aromatic N) is 3. The maximum atomic E-state index is 13.1. The molecule has 2 rings (SSSR count).